The number of aromatic nitrogens is 3. The monoisotopic (exact) mass is 339 g/mol. The van der Waals surface area contributed by atoms with Crippen molar-refractivity contribution in [3.8, 4) is 11.5 Å². The van der Waals surface area contributed by atoms with E-state index in [1.165, 1.54) is 5.57 Å². The molecule has 1 aliphatic rings. The molecule has 0 bridgehead atoms. The van der Waals surface area contributed by atoms with Gasteiger partial charge in [-0.15, -0.1) is 5.10 Å². The Balaban J connectivity index is 1.88. The van der Waals surface area contributed by atoms with Gasteiger partial charge in [0.2, 0.25) is 0 Å². The number of rotatable bonds is 5. The van der Waals surface area contributed by atoms with Crippen LogP contribution in [0.3, 0.4) is 0 Å². The largest absolute Gasteiger partial charge is 0.507 e. The number of benzene rings is 1. The van der Waals surface area contributed by atoms with Crippen LogP contribution in [-0.4, -0.2) is 25.2 Å². The van der Waals surface area contributed by atoms with Gasteiger partial charge in [0, 0.05) is 24.2 Å². The SMILES string of the molecule is C=C(C)[C@@H]1CCC(C)=CC1c1c(O)cc(CCn2ccnn2)cc1O. The molecule has 0 saturated carbocycles. The number of phenols is 2. The first-order valence-corrected chi connectivity index (χ1v) is 8.67. The van der Waals surface area contributed by atoms with Crippen LogP contribution in [0.4, 0.5) is 0 Å². The molecule has 1 aliphatic carbocycles. The van der Waals surface area contributed by atoms with E-state index in [1.807, 2.05) is 6.92 Å². The van der Waals surface area contributed by atoms with Crippen molar-refractivity contribution in [2.75, 3.05) is 0 Å². The van der Waals surface area contributed by atoms with E-state index in [4.69, 9.17) is 0 Å². The summed E-state index contributed by atoms with van der Waals surface area (Å²) < 4.78 is 1.73. The van der Waals surface area contributed by atoms with Gasteiger partial charge in [0.15, 0.2) is 0 Å². The van der Waals surface area contributed by atoms with Crippen LogP contribution in [0.5, 0.6) is 11.5 Å². The van der Waals surface area contributed by atoms with E-state index >= 15 is 0 Å². The van der Waals surface area contributed by atoms with Crippen molar-refractivity contribution in [1.29, 1.82) is 0 Å². The van der Waals surface area contributed by atoms with Crippen molar-refractivity contribution >= 4 is 0 Å². The van der Waals surface area contributed by atoms with Gasteiger partial charge in [-0.05, 0) is 56.7 Å². The second-order valence-corrected chi connectivity index (χ2v) is 6.99. The highest BCUT2D eigenvalue weighted by atomic mass is 16.3. The molecule has 0 amide bonds. The Morgan fingerprint density at radius 3 is 2.64 bits per heavy atom. The van der Waals surface area contributed by atoms with Crippen LogP contribution < -0.4 is 0 Å². The van der Waals surface area contributed by atoms with Crippen LogP contribution in [0, 0.1) is 5.92 Å². The first kappa shape index (κ1) is 17.3. The first-order valence-electron chi connectivity index (χ1n) is 8.67. The number of phenolic OH excluding ortho intramolecular Hbond substituents is 2. The molecule has 1 aromatic carbocycles. The van der Waals surface area contributed by atoms with Crippen molar-refractivity contribution in [3.63, 3.8) is 0 Å². The van der Waals surface area contributed by atoms with E-state index in [0.29, 0.717) is 18.5 Å². The second-order valence-electron chi connectivity index (χ2n) is 6.99. The third-order valence-corrected chi connectivity index (χ3v) is 5.01. The number of hydrogen-bond acceptors (Lipinski definition) is 4. The molecular weight excluding hydrogens is 314 g/mol. The molecule has 5 heteroatoms. The predicted octanol–water partition coefficient (Wildman–Crippen LogP) is 3.95. The molecule has 0 aliphatic heterocycles. The van der Waals surface area contributed by atoms with E-state index in [0.717, 1.165) is 24.0 Å². The maximum atomic E-state index is 10.6. The van der Waals surface area contributed by atoms with Crippen LogP contribution in [0.25, 0.3) is 0 Å². The fraction of sp³-hybridized carbons (Fsp3) is 0.400. The molecule has 0 saturated heterocycles. The average Bonchev–Trinajstić information content (AvgIpc) is 3.05. The van der Waals surface area contributed by atoms with Gasteiger partial charge in [-0.3, -0.25) is 4.68 Å². The average molecular weight is 339 g/mol. The van der Waals surface area contributed by atoms with Gasteiger partial charge in [0.05, 0.1) is 6.20 Å². The smallest absolute Gasteiger partial charge is 0.123 e. The molecule has 1 unspecified atom stereocenters. The summed E-state index contributed by atoms with van der Waals surface area (Å²) in [4.78, 5) is 0. The zero-order valence-corrected chi connectivity index (χ0v) is 14.8. The van der Waals surface area contributed by atoms with Gasteiger partial charge in [0.1, 0.15) is 11.5 Å². The number of aromatic hydroxyl groups is 2. The van der Waals surface area contributed by atoms with E-state index < -0.39 is 0 Å². The molecular formula is C20H25N3O2. The molecule has 5 nitrogen and oxygen atoms in total. The molecule has 2 atom stereocenters. The van der Waals surface area contributed by atoms with E-state index in [-0.39, 0.29) is 23.3 Å². The normalized spacial score (nSPS) is 20.3. The Labute approximate surface area is 148 Å². The summed E-state index contributed by atoms with van der Waals surface area (Å²) in [6.45, 7) is 8.87. The molecule has 25 heavy (non-hydrogen) atoms. The third-order valence-electron chi connectivity index (χ3n) is 5.01. The Kier molecular flexibility index (Phi) is 4.93. The lowest BCUT2D eigenvalue weighted by molar-refractivity contribution is 0.405. The number of allylic oxidation sites excluding steroid dienone is 3. The van der Waals surface area contributed by atoms with Crippen molar-refractivity contribution in [2.24, 2.45) is 5.92 Å². The third kappa shape index (κ3) is 3.76. The van der Waals surface area contributed by atoms with Crippen molar-refractivity contribution in [1.82, 2.24) is 15.0 Å². The van der Waals surface area contributed by atoms with Crippen LogP contribution in [0.1, 0.15) is 43.7 Å². The summed E-state index contributed by atoms with van der Waals surface area (Å²) in [5, 5.41) is 28.9. The molecule has 2 N–H and O–H groups in total. The van der Waals surface area contributed by atoms with Gasteiger partial charge in [-0.2, -0.15) is 0 Å². The summed E-state index contributed by atoms with van der Waals surface area (Å²) in [5.41, 5.74) is 3.86. The quantitative estimate of drug-likeness (QED) is 0.809. The van der Waals surface area contributed by atoms with Gasteiger partial charge >= 0.3 is 0 Å². The maximum absolute atomic E-state index is 10.6. The fourth-order valence-electron chi connectivity index (χ4n) is 3.67. The van der Waals surface area contributed by atoms with Crippen molar-refractivity contribution in [3.05, 3.63) is 59.5 Å². The lowest BCUT2D eigenvalue weighted by atomic mass is 9.73. The Hall–Kier alpha value is -2.56. The van der Waals surface area contributed by atoms with Crippen LogP contribution >= 0.6 is 0 Å². The summed E-state index contributed by atoms with van der Waals surface area (Å²) in [6, 6.07) is 3.50. The molecule has 1 heterocycles. The van der Waals surface area contributed by atoms with Crippen LogP contribution in [-0.2, 0) is 13.0 Å². The summed E-state index contributed by atoms with van der Waals surface area (Å²) in [6.07, 6.45) is 8.27. The minimum Gasteiger partial charge on any atom is -0.507 e. The molecule has 1 aromatic heterocycles. The van der Waals surface area contributed by atoms with Crippen molar-refractivity contribution in [2.45, 2.75) is 45.6 Å². The first-order chi connectivity index (χ1) is 12.0. The fourth-order valence-corrected chi connectivity index (χ4v) is 3.67. The lowest BCUT2D eigenvalue weighted by Crippen LogP contribution is -2.17. The Morgan fingerprint density at radius 1 is 1.32 bits per heavy atom. The Morgan fingerprint density at radius 2 is 2.04 bits per heavy atom. The highest BCUT2D eigenvalue weighted by Crippen LogP contribution is 2.46. The zero-order chi connectivity index (χ0) is 18.0. The second kappa shape index (κ2) is 7.13. The molecule has 0 fully saturated rings. The van der Waals surface area contributed by atoms with Gasteiger partial charge < -0.3 is 10.2 Å². The highest BCUT2D eigenvalue weighted by molar-refractivity contribution is 5.51. The van der Waals surface area contributed by atoms with E-state index in [2.05, 4.69) is 29.9 Å². The topological polar surface area (TPSA) is 71.2 Å². The number of nitrogens with zero attached hydrogens (tertiary/aromatic N) is 3. The summed E-state index contributed by atoms with van der Waals surface area (Å²) in [7, 11) is 0. The zero-order valence-electron chi connectivity index (χ0n) is 14.8. The standard InChI is InChI=1S/C20H25N3O2/c1-13(2)16-5-4-14(3)10-17(16)20-18(24)11-15(12-19(20)25)6-8-23-9-7-21-22-23/h7,9-12,16-17,24-25H,1,4-6,8H2,2-3H3/t16-,17?/m0/s1. The van der Waals surface area contributed by atoms with Crippen molar-refractivity contribution < 1.29 is 10.2 Å². The summed E-state index contributed by atoms with van der Waals surface area (Å²) >= 11 is 0. The number of aryl methyl sites for hydroxylation is 2. The molecule has 3 rings (SSSR count). The predicted molar refractivity (Wildman–Crippen MR) is 97.5 cm³/mol. The minimum atomic E-state index is -0.0318. The molecule has 0 radical (unpaired) electrons. The van der Waals surface area contributed by atoms with Crippen LogP contribution in [0.2, 0.25) is 0 Å². The van der Waals surface area contributed by atoms with Gasteiger partial charge in [-0.1, -0.05) is 29.0 Å². The number of hydrogen-bond donors (Lipinski definition) is 2. The van der Waals surface area contributed by atoms with Crippen LogP contribution in [0.15, 0.2) is 48.3 Å². The van der Waals surface area contributed by atoms with E-state index in [9.17, 15) is 10.2 Å². The van der Waals surface area contributed by atoms with Gasteiger partial charge in [0.25, 0.3) is 0 Å². The molecule has 0 spiro atoms. The lowest BCUT2D eigenvalue weighted by Gasteiger charge is -2.31. The Bertz CT molecular complexity index is 770. The highest BCUT2D eigenvalue weighted by Gasteiger charge is 2.30. The molecule has 132 valence electrons. The maximum Gasteiger partial charge on any atom is 0.123 e. The van der Waals surface area contributed by atoms with Gasteiger partial charge in [-0.25, -0.2) is 0 Å². The molecule has 2 aromatic rings. The minimum absolute atomic E-state index is 0.0318. The summed E-state index contributed by atoms with van der Waals surface area (Å²) in [5.74, 6) is 0.503. The van der Waals surface area contributed by atoms with E-state index in [1.54, 1.807) is 29.2 Å².